The van der Waals surface area contributed by atoms with Gasteiger partial charge in [-0.3, -0.25) is 0 Å². The van der Waals surface area contributed by atoms with E-state index in [1.54, 1.807) is 12.3 Å². The van der Waals surface area contributed by atoms with Gasteiger partial charge in [0.2, 0.25) is 5.88 Å². The monoisotopic (exact) mass is 307 g/mol. The molecule has 23 heavy (non-hydrogen) atoms. The van der Waals surface area contributed by atoms with E-state index in [9.17, 15) is 4.39 Å². The molecule has 3 heterocycles. The van der Waals surface area contributed by atoms with Crippen LogP contribution in [0.5, 0.6) is 0 Å². The molecule has 0 aliphatic heterocycles. The van der Waals surface area contributed by atoms with Crippen LogP contribution in [0.2, 0.25) is 0 Å². The fourth-order valence-electron chi connectivity index (χ4n) is 2.68. The zero-order valence-electron chi connectivity index (χ0n) is 12.5. The third-order valence-electron chi connectivity index (χ3n) is 3.68. The van der Waals surface area contributed by atoms with Gasteiger partial charge in [-0.2, -0.15) is 0 Å². The highest BCUT2D eigenvalue weighted by Gasteiger charge is 2.16. The number of furan rings is 1. The van der Waals surface area contributed by atoms with Crippen molar-refractivity contribution in [2.45, 2.75) is 13.3 Å². The number of imidazole rings is 1. The molecule has 3 aromatic heterocycles. The first-order valence-corrected chi connectivity index (χ1v) is 7.34. The first kappa shape index (κ1) is 13.7. The molecule has 4 aromatic rings. The maximum absolute atomic E-state index is 13.4. The van der Waals surface area contributed by atoms with Gasteiger partial charge in [-0.05, 0) is 42.8 Å². The standard InChI is InChI=1S/C18H14FN3O/c1-12-7-8-17(23-12)22-16(11-13-4-2-5-14(19)10-13)21-15-6-3-9-20-18(15)22/h2-10H,11H2,1H3. The van der Waals surface area contributed by atoms with E-state index < -0.39 is 0 Å². The van der Waals surface area contributed by atoms with Crippen molar-refractivity contribution in [3.05, 3.63) is 77.7 Å². The fraction of sp³-hybridized carbons (Fsp3) is 0.111. The number of halogens is 1. The normalized spacial score (nSPS) is 11.2. The molecular formula is C18H14FN3O. The number of nitrogens with zero attached hydrogens (tertiary/aromatic N) is 3. The van der Waals surface area contributed by atoms with Crippen LogP contribution in [0.1, 0.15) is 17.1 Å². The summed E-state index contributed by atoms with van der Waals surface area (Å²) in [6.45, 7) is 1.89. The van der Waals surface area contributed by atoms with Crippen LogP contribution in [-0.4, -0.2) is 14.5 Å². The summed E-state index contributed by atoms with van der Waals surface area (Å²) in [4.78, 5) is 9.05. The largest absolute Gasteiger partial charge is 0.445 e. The number of aromatic nitrogens is 3. The van der Waals surface area contributed by atoms with Gasteiger partial charge in [-0.25, -0.2) is 18.9 Å². The Morgan fingerprint density at radius 3 is 2.83 bits per heavy atom. The van der Waals surface area contributed by atoms with E-state index in [4.69, 9.17) is 4.42 Å². The quantitative estimate of drug-likeness (QED) is 0.573. The van der Waals surface area contributed by atoms with Gasteiger partial charge in [0.15, 0.2) is 5.65 Å². The minimum absolute atomic E-state index is 0.253. The summed E-state index contributed by atoms with van der Waals surface area (Å²) in [5.41, 5.74) is 2.37. The number of pyridine rings is 1. The van der Waals surface area contributed by atoms with Crippen LogP contribution < -0.4 is 0 Å². The highest BCUT2D eigenvalue weighted by atomic mass is 19.1. The topological polar surface area (TPSA) is 43.9 Å². The SMILES string of the molecule is Cc1ccc(-n2c(Cc3cccc(F)c3)nc3cccnc32)o1. The van der Waals surface area contributed by atoms with Gasteiger partial charge < -0.3 is 4.42 Å². The second-order valence-electron chi connectivity index (χ2n) is 5.40. The van der Waals surface area contributed by atoms with Gasteiger partial charge in [-0.1, -0.05) is 12.1 Å². The van der Waals surface area contributed by atoms with Crippen LogP contribution in [0.3, 0.4) is 0 Å². The second kappa shape index (κ2) is 5.35. The zero-order chi connectivity index (χ0) is 15.8. The Morgan fingerprint density at radius 2 is 2.04 bits per heavy atom. The van der Waals surface area contributed by atoms with Gasteiger partial charge in [-0.15, -0.1) is 0 Å². The molecule has 0 amide bonds. The molecular weight excluding hydrogens is 293 g/mol. The lowest BCUT2D eigenvalue weighted by atomic mass is 10.1. The molecule has 0 aliphatic rings. The van der Waals surface area contributed by atoms with Gasteiger partial charge in [0, 0.05) is 18.7 Å². The molecule has 1 aromatic carbocycles. The molecule has 5 heteroatoms. The Bertz CT molecular complexity index is 987. The summed E-state index contributed by atoms with van der Waals surface area (Å²) in [6, 6.07) is 14.1. The van der Waals surface area contributed by atoms with Crippen molar-refractivity contribution in [2.75, 3.05) is 0 Å². The molecule has 0 bridgehead atoms. The van der Waals surface area contributed by atoms with Gasteiger partial charge in [0.05, 0.1) is 0 Å². The lowest BCUT2D eigenvalue weighted by Gasteiger charge is -2.05. The molecule has 0 atom stereocenters. The molecule has 0 saturated heterocycles. The van der Waals surface area contributed by atoms with Crippen molar-refractivity contribution in [1.82, 2.24) is 14.5 Å². The first-order chi connectivity index (χ1) is 11.2. The highest BCUT2D eigenvalue weighted by Crippen LogP contribution is 2.23. The van der Waals surface area contributed by atoms with Gasteiger partial charge >= 0.3 is 0 Å². The summed E-state index contributed by atoms with van der Waals surface area (Å²) in [5, 5.41) is 0. The number of rotatable bonds is 3. The molecule has 0 unspecified atom stereocenters. The number of hydrogen-bond donors (Lipinski definition) is 0. The predicted octanol–water partition coefficient (Wildman–Crippen LogP) is 4.05. The Balaban J connectivity index is 1.88. The summed E-state index contributed by atoms with van der Waals surface area (Å²) in [5.74, 6) is 1.99. The molecule has 0 fully saturated rings. The Morgan fingerprint density at radius 1 is 1.13 bits per heavy atom. The van der Waals surface area contributed by atoms with Crippen LogP contribution in [0.4, 0.5) is 4.39 Å². The van der Waals surface area contributed by atoms with Crippen molar-refractivity contribution in [3.8, 4) is 5.88 Å². The summed E-state index contributed by atoms with van der Waals surface area (Å²) >= 11 is 0. The van der Waals surface area contributed by atoms with Crippen LogP contribution in [0.25, 0.3) is 17.0 Å². The Labute approximate surface area is 132 Å². The van der Waals surface area contributed by atoms with Crippen molar-refractivity contribution in [1.29, 1.82) is 0 Å². The highest BCUT2D eigenvalue weighted by molar-refractivity contribution is 5.73. The van der Waals surface area contributed by atoms with E-state index in [0.29, 0.717) is 12.3 Å². The van der Waals surface area contributed by atoms with Crippen LogP contribution >= 0.6 is 0 Å². The van der Waals surface area contributed by atoms with Crippen molar-refractivity contribution in [3.63, 3.8) is 0 Å². The van der Waals surface area contributed by atoms with E-state index >= 15 is 0 Å². The van der Waals surface area contributed by atoms with E-state index in [1.807, 2.05) is 41.8 Å². The molecule has 0 saturated carbocycles. The lowest BCUT2D eigenvalue weighted by Crippen LogP contribution is -2.02. The summed E-state index contributed by atoms with van der Waals surface area (Å²) in [7, 11) is 0. The number of aryl methyl sites for hydroxylation is 1. The third-order valence-corrected chi connectivity index (χ3v) is 3.68. The average Bonchev–Trinajstić information content (AvgIpc) is 3.10. The zero-order valence-corrected chi connectivity index (χ0v) is 12.5. The molecule has 0 radical (unpaired) electrons. The number of hydrogen-bond acceptors (Lipinski definition) is 3. The minimum Gasteiger partial charge on any atom is -0.445 e. The van der Waals surface area contributed by atoms with Crippen LogP contribution in [0, 0.1) is 12.7 Å². The molecule has 4 rings (SSSR count). The van der Waals surface area contributed by atoms with Crippen LogP contribution in [0.15, 0.2) is 59.1 Å². The minimum atomic E-state index is -0.253. The molecule has 4 nitrogen and oxygen atoms in total. The number of fused-ring (bicyclic) bond motifs is 1. The maximum atomic E-state index is 13.4. The third kappa shape index (κ3) is 2.50. The van der Waals surface area contributed by atoms with E-state index in [2.05, 4.69) is 9.97 Å². The molecule has 114 valence electrons. The average molecular weight is 307 g/mol. The van der Waals surface area contributed by atoms with E-state index in [0.717, 1.165) is 28.3 Å². The van der Waals surface area contributed by atoms with Crippen molar-refractivity contribution >= 4 is 11.2 Å². The Hall–Kier alpha value is -2.95. The van der Waals surface area contributed by atoms with Gasteiger partial charge in [0.25, 0.3) is 0 Å². The van der Waals surface area contributed by atoms with Crippen molar-refractivity contribution < 1.29 is 8.81 Å². The molecule has 0 aliphatic carbocycles. The van der Waals surface area contributed by atoms with E-state index in [-0.39, 0.29) is 5.82 Å². The molecule has 0 spiro atoms. The summed E-state index contributed by atoms with van der Waals surface area (Å²) < 4.78 is 21.1. The molecule has 0 N–H and O–H groups in total. The van der Waals surface area contributed by atoms with Gasteiger partial charge in [0.1, 0.15) is 22.9 Å². The smallest absolute Gasteiger partial charge is 0.206 e. The maximum Gasteiger partial charge on any atom is 0.206 e. The Kier molecular flexibility index (Phi) is 3.19. The fourth-order valence-corrected chi connectivity index (χ4v) is 2.68. The first-order valence-electron chi connectivity index (χ1n) is 7.34. The van der Waals surface area contributed by atoms with Crippen molar-refractivity contribution in [2.24, 2.45) is 0 Å². The summed E-state index contributed by atoms with van der Waals surface area (Å²) in [6.07, 6.45) is 2.22. The lowest BCUT2D eigenvalue weighted by molar-refractivity contribution is 0.509. The predicted molar refractivity (Wildman–Crippen MR) is 85.1 cm³/mol. The number of benzene rings is 1. The second-order valence-corrected chi connectivity index (χ2v) is 5.40. The van der Waals surface area contributed by atoms with E-state index in [1.165, 1.54) is 12.1 Å². The van der Waals surface area contributed by atoms with Crippen LogP contribution in [-0.2, 0) is 6.42 Å².